The van der Waals surface area contributed by atoms with Crippen LogP contribution in [0.1, 0.15) is 29.2 Å². The van der Waals surface area contributed by atoms with Gasteiger partial charge in [0.25, 0.3) is 11.1 Å². The van der Waals surface area contributed by atoms with Crippen LogP contribution in [0.4, 0.5) is 4.79 Å². The van der Waals surface area contributed by atoms with Crippen molar-refractivity contribution in [1.82, 2.24) is 4.90 Å². The number of nitrogens with zero attached hydrogens (tertiary/aromatic N) is 1. The Hall–Kier alpha value is -2.98. The molecule has 0 aromatic heterocycles. The van der Waals surface area contributed by atoms with Crippen molar-refractivity contribution in [3.63, 3.8) is 0 Å². The standard InChI is InChI=1S/C29H28INO5S/c1-4-34-25-16-21(15-24(30)27(25)36-18-22-8-6-5-7-20(22)3)17-26-28(32)31(29(33)37-26)13-14-35-23-11-9-19(2)10-12-23/h5-12,15-17H,4,13-14,18H2,1-3H3/b26-17-. The number of rotatable bonds is 10. The van der Waals surface area contributed by atoms with Crippen molar-refractivity contribution in [3.05, 3.63) is 91.4 Å². The molecule has 0 spiro atoms. The zero-order valence-corrected chi connectivity index (χ0v) is 23.9. The van der Waals surface area contributed by atoms with Crippen LogP contribution in [-0.2, 0) is 11.4 Å². The Balaban J connectivity index is 1.46. The SMILES string of the molecule is CCOc1cc(/C=C2\SC(=O)N(CCOc3ccc(C)cc3)C2=O)cc(I)c1OCc1ccccc1C. The van der Waals surface area contributed by atoms with E-state index in [4.69, 9.17) is 14.2 Å². The maximum Gasteiger partial charge on any atom is 0.293 e. The minimum absolute atomic E-state index is 0.184. The maximum atomic E-state index is 13.0. The van der Waals surface area contributed by atoms with Crippen LogP contribution in [0.15, 0.2) is 65.6 Å². The largest absolute Gasteiger partial charge is 0.492 e. The highest BCUT2D eigenvalue weighted by Crippen LogP contribution is 2.38. The number of halogens is 1. The van der Waals surface area contributed by atoms with Gasteiger partial charge in [-0.1, -0.05) is 42.0 Å². The summed E-state index contributed by atoms with van der Waals surface area (Å²) >= 11 is 3.14. The number of benzene rings is 3. The van der Waals surface area contributed by atoms with Crippen LogP contribution >= 0.6 is 34.4 Å². The molecule has 1 aliphatic rings. The van der Waals surface area contributed by atoms with E-state index in [1.807, 2.05) is 68.4 Å². The van der Waals surface area contributed by atoms with Crippen LogP contribution in [0.3, 0.4) is 0 Å². The zero-order chi connectivity index (χ0) is 26.4. The predicted octanol–water partition coefficient (Wildman–Crippen LogP) is 7.00. The summed E-state index contributed by atoms with van der Waals surface area (Å²) < 4.78 is 18.6. The third kappa shape index (κ3) is 6.87. The number of carbonyl (C=O) groups excluding carboxylic acids is 2. The lowest BCUT2D eigenvalue weighted by Crippen LogP contribution is -2.32. The molecule has 0 radical (unpaired) electrons. The molecule has 1 aliphatic heterocycles. The van der Waals surface area contributed by atoms with E-state index in [1.54, 1.807) is 6.08 Å². The summed E-state index contributed by atoms with van der Waals surface area (Å²) in [6, 6.07) is 19.5. The number of amides is 2. The first kappa shape index (κ1) is 27.1. The number of hydrogen-bond donors (Lipinski definition) is 0. The van der Waals surface area contributed by atoms with Crippen LogP contribution in [0.2, 0.25) is 0 Å². The maximum absolute atomic E-state index is 13.0. The average Bonchev–Trinajstić information content (AvgIpc) is 3.13. The van der Waals surface area contributed by atoms with E-state index in [2.05, 4.69) is 35.6 Å². The van der Waals surface area contributed by atoms with Gasteiger partial charge < -0.3 is 14.2 Å². The van der Waals surface area contributed by atoms with E-state index in [0.29, 0.717) is 35.4 Å². The number of thioether (sulfide) groups is 1. The van der Waals surface area contributed by atoms with Crippen molar-refractivity contribution in [1.29, 1.82) is 0 Å². The predicted molar refractivity (Wildman–Crippen MR) is 155 cm³/mol. The molecular weight excluding hydrogens is 601 g/mol. The average molecular weight is 630 g/mol. The van der Waals surface area contributed by atoms with Gasteiger partial charge in [0.2, 0.25) is 0 Å². The fourth-order valence-electron chi connectivity index (χ4n) is 3.73. The highest BCUT2D eigenvalue weighted by Gasteiger charge is 2.35. The molecule has 6 nitrogen and oxygen atoms in total. The molecule has 2 amide bonds. The van der Waals surface area contributed by atoms with Gasteiger partial charge in [0.15, 0.2) is 11.5 Å². The second-order valence-electron chi connectivity index (χ2n) is 8.47. The lowest BCUT2D eigenvalue weighted by molar-refractivity contribution is -0.123. The fraction of sp³-hybridized carbons (Fsp3) is 0.241. The summed E-state index contributed by atoms with van der Waals surface area (Å²) in [4.78, 5) is 27.1. The van der Waals surface area contributed by atoms with E-state index >= 15 is 0 Å². The van der Waals surface area contributed by atoms with Crippen molar-refractivity contribution in [3.8, 4) is 17.2 Å². The van der Waals surface area contributed by atoms with Gasteiger partial charge in [-0.15, -0.1) is 0 Å². The van der Waals surface area contributed by atoms with Gasteiger partial charge in [-0.2, -0.15) is 0 Å². The summed E-state index contributed by atoms with van der Waals surface area (Å²) in [7, 11) is 0. The molecule has 0 saturated carbocycles. The molecule has 0 unspecified atom stereocenters. The Bertz CT molecular complexity index is 1320. The minimum Gasteiger partial charge on any atom is -0.492 e. The van der Waals surface area contributed by atoms with Gasteiger partial charge in [0.1, 0.15) is 19.0 Å². The van der Waals surface area contributed by atoms with Crippen LogP contribution in [0.25, 0.3) is 6.08 Å². The quantitative estimate of drug-likeness (QED) is 0.178. The molecule has 0 bridgehead atoms. The van der Waals surface area contributed by atoms with E-state index in [-0.39, 0.29) is 24.3 Å². The number of imide groups is 1. The van der Waals surface area contributed by atoms with Gasteiger partial charge in [0, 0.05) is 0 Å². The summed E-state index contributed by atoms with van der Waals surface area (Å²) in [5.74, 6) is 1.63. The molecule has 1 saturated heterocycles. The Morgan fingerprint density at radius 1 is 0.973 bits per heavy atom. The van der Waals surface area contributed by atoms with E-state index < -0.39 is 0 Å². The van der Waals surface area contributed by atoms with Crippen molar-refractivity contribution in [2.45, 2.75) is 27.4 Å². The van der Waals surface area contributed by atoms with E-state index in [1.165, 1.54) is 4.90 Å². The number of hydrogen-bond acceptors (Lipinski definition) is 6. The summed E-state index contributed by atoms with van der Waals surface area (Å²) in [5, 5.41) is -0.304. The molecule has 3 aromatic rings. The van der Waals surface area contributed by atoms with Crippen molar-refractivity contribution in [2.24, 2.45) is 0 Å². The molecule has 0 aliphatic carbocycles. The first-order valence-electron chi connectivity index (χ1n) is 11.9. The molecule has 37 heavy (non-hydrogen) atoms. The molecule has 0 N–H and O–H groups in total. The second kappa shape index (κ2) is 12.5. The molecule has 0 atom stereocenters. The topological polar surface area (TPSA) is 65.1 Å². The summed E-state index contributed by atoms with van der Waals surface area (Å²) in [6.07, 6.45) is 1.72. The van der Waals surface area contributed by atoms with Crippen LogP contribution in [0.5, 0.6) is 17.2 Å². The fourth-order valence-corrected chi connectivity index (χ4v) is 5.38. The Labute approximate surface area is 235 Å². The second-order valence-corrected chi connectivity index (χ2v) is 10.6. The van der Waals surface area contributed by atoms with Gasteiger partial charge >= 0.3 is 0 Å². The third-order valence-corrected chi connectivity index (χ3v) is 7.45. The third-order valence-electron chi connectivity index (χ3n) is 5.74. The van der Waals surface area contributed by atoms with Crippen LogP contribution in [-0.4, -0.2) is 35.8 Å². The minimum atomic E-state index is -0.324. The Morgan fingerprint density at radius 2 is 1.73 bits per heavy atom. The smallest absolute Gasteiger partial charge is 0.293 e. The van der Waals surface area contributed by atoms with Gasteiger partial charge in [-0.3, -0.25) is 14.5 Å². The van der Waals surface area contributed by atoms with Gasteiger partial charge in [-0.05, 0) is 102 Å². The molecule has 1 heterocycles. The first-order valence-corrected chi connectivity index (χ1v) is 13.8. The normalized spacial score (nSPS) is 14.4. The lowest BCUT2D eigenvalue weighted by atomic mass is 10.1. The Morgan fingerprint density at radius 3 is 2.46 bits per heavy atom. The number of aryl methyl sites for hydroxylation is 2. The van der Waals surface area contributed by atoms with Crippen molar-refractivity contribution < 1.29 is 23.8 Å². The Kier molecular flexibility index (Phi) is 9.15. The van der Waals surface area contributed by atoms with E-state index in [9.17, 15) is 9.59 Å². The molecule has 3 aromatic carbocycles. The highest BCUT2D eigenvalue weighted by molar-refractivity contribution is 14.1. The molecule has 1 fully saturated rings. The van der Waals surface area contributed by atoms with Crippen LogP contribution < -0.4 is 14.2 Å². The lowest BCUT2D eigenvalue weighted by Gasteiger charge is -2.16. The molecule has 4 rings (SSSR count). The number of ether oxygens (including phenoxy) is 3. The molecular formula is C29H28INO5S. The summed E-state index contributed by atoms with van der Waals surface area (Å²) in [6.45, 7) is 7.27. The zero-order valence-electron chi connectivity index (χ0n) is 21.0. The van der Waals surface area contributed by atoms with Gasteiger partial charge in [0.05, 0.1) is 21.6 Å². The first-order chi connectivity index (χ1) is 17.9. The number of carbonyl (C=O) groups is 2. The van der Waals surface area contributed by atoms with E-state index in [0.717, 1.165) is 37.6 Å². The molecule has 8 heteroatoms. The van der Waals surface area contributed by atoms with Crippen molar-refractivity contribution in [2.75, 3.05) is 19.8 Å². The molecule has 192 valence electrons. The van der Waals surface area contributed by atoms with Crippen LogP contribution in [0, 0.1) is 17.4 Å². The monoisotopic (exact) mass is 629 g/mol. The summed E-state index contributed by atoms with van der Waals surface area (Å²) in [5.41, 5.74) is 4.16. The highest BCUT2D eigenvalue weighted by atomic mass is 127. The van der Waals surface area contributed by atoms with Crippen molar-refractivity contribution >= 4 is 51.6 Å². The van der Waals surface area contributed by atoms with Gasteiger partial charge in [-0.25, -0.2) is 0 Å².